The highest BCUT2D eigenvalue weighted by atomic mass is 16.5. The Kier molecular flexibility index (Phi) is 9.11. The van der Waals surface area contributed by atoms with Gasteiger partial charge >= 0.3 is 0 Å². The highest BCUT2D eigenvalue weighted by molar-refractivity contribution is 5.05. The fraction of sp³-hybridized carbons (Fsp3) is 0.929. The minimum absolute atomic E-state index is 0.351. The molecule has 3 nitrogen and oxygen atoms in total. The predicted octanol–water partition coefficient (Wildman–Crippen LogP) is 3.11. The summed E-state index contributed by atoms with van der Waals surface area (Å²) in [6, 6.07) is 2.41. The van der Waals surface area contributed by atoms with Crippen LogP contribution in [0.4, 0.5) is 0 Å². The maximum atomic E-state index is 9.23. The second-order valence-corrected chi connectivity index (χ2v) is 4.98. The van der Waals surface area contributed by atoms with Crippen LogP contribution in [0.5, 0.6) is 0 Å². The molecule has 1 unspecified atom stereocenters. The molecule has 0 saturated carbocycles. The second kappa shape index (κ2) is 9.44. The molecular weight excluding hydrogens is 212 g/mol. The van der Waals surface area contributed by atoms with Gasteiger partial charge in [-0.05, 0) is 38.1 Å². The molecule has 0 rings (SSSR count). The summed E-state index contributed by atoms with van der Waals surface area (Å²) in [5.74, 6) is 0.700. The molecular formula is C14H28N2O. The van der Waals surface area contributed by atoms with Gasteiger partial charge < -0.3 is 4.74 Å². The molecule has 0 spiro atoms. The number of ether oxygens (including phenoxy) is 1. The number of nitrogens with zero attached hydrogens (tertiary/aromatic N) is 1. The van der Waals surface area contributed by atoms with Crippen molar-refractivity contribution in [3.05, 3.63) is 0 Å². The molecule has 0 radical (unpaired) electrons. The van der Waals surface area contributed by atoms with Crippen molar-refractivity contribution in [3.8, 4) is 6.07 Å². The van der Waals surface area contributed by atoms with E-state index < -0.39 is 0 Å². The molecule has 17 heavy (non-hydrogen) atoms. The van der Waals surface area contributed by atoms with E-state index >= 15 is 0 Å². The molecule has 0 aliphatic heterocycles. The Balaban J connectivity index is 3.73. The molecule has 3 heteroatoms. The van der Waals surface area contributed by atoms with Crippen molar-refractivity contribution in [2.24, 2.45) is 5.92 Å². The van der Waals surface area contributed by atoms with Crippen LogP contribution >= 0.6 is 0 Å². The Hall–Kier alpha value is -0.590. The Morgan fingerprint density at radius 2 is 2.00 bits per heavy atom. The average Bonchev–Trinajstić information content (AvgIpc) is 2.32. The average molecular weight is 240 g/mol. The third-order valence-corrected chi connectivity index (χ3v) is 3.06. The number of rotatable bonds is 10. The molecule has 0 bridgehead atoms. The molecule has 0 heterocycles. The molecule has 0 fully saturated rings. The third kappa shape index (κ3) is 7.36. The summed E-state index contributed by atoms with van der Waals surface area (Å²) >= 11 is 0. The minimum Gasteiger partial charge on any atom is -0.381 e. The van der Waals surface area contributed by atoms with E-state index in [2.05, 4.69) is 32.2 Å². The van der Waals surface area contributed by atoms with E-state index in [1.54, 1.807) is 0 Å². The van der Waals surface area contributed by atoms with Crippen LogP contribution in [0.3, 0.4) is 0 Å². The van der Waals surface area contributed by atoms with Gasteiger partial charge in [-0.25, -0.2) is 0 Å². The van der Waals surface area contributed by atoms with E-state index in [9.17, 15) is 5.26 Å². The number of hydrogen-bond donors (Lipinski definition) is 1. The molecule has 0 aliphatic carbocycles. The van der Waals surface area contributed by atoms with Crippen LogP contribution in [0.15, 0.2) is 0 Å². The van der Waals surface area contributed by atoms with E-state index in [1.165, 1.54) is 0 Å². The van der Waals surface area contributed by atoms with Gasteiger partial charge in [0.1, 0.15) is 5.54 Å². The Morgan fingerprint density at radius 1 is 1.29 bits per heavy atom. The third-order valence-electron chi connectivity index (χ3n) is 3.06. The van der Waals surface area contributed by atoms with Crippen molar-refractivity contribution in [2.45, 2.75) is 58.9 Å². The zero-order valence-electron chi connectivity index (χ0n) is 11.9. The Labute approximate surface area is 107 Å². The van der Waals surface area contributed by atoms with E-state index in [4.69, 9.17) is 4.74 Å². The van der Waals surface area contributed by atoms with E-state index in [-0.39, 0.29) is 5.54 Å². The summed E-state index contributed by atoms with van der Waals surface area (Å²) in [6.07, 6.45) is 3.79. The highest BCUT2D eigenvalue weighted by Crippen LogP contribution is 2.16. The van der Waals surface area contributed by atoms with Crippen LogP contribution in [-0.2, 0) is 4.74 Å². The standard InChI is InChI=1S/C14H28N2O/c1-5-14(12-15,16-6-2)9-7-10-17-11-8-13(3)4/h13,16H,5-11H2,1-4H3. The summed E-state index contributed by atoms with van der Waals surface area (Å²) in [7, 11) is 0. The van der Waals surface area contributed by atoms with Crippen molar-refractivity contribution in [2.75, 3.05) is 19.8 Å². The SMILES string of the molecule is CCNC(C#N)(CC)CCCOCCC(C)C. The molecule has 0 amide bonds. The molecule has 1 N–H and O–H groups in total. The quantitative estimate of drug-likeness (QED) is 0.597. The van der Waals surface area contributed by atoms with Gasteiger partial charge in [0.15, 0.2) is 0 Å². The lowest BCUT2D eigenvalue weighted by atomic mass is 9.92. The molecule has 0 aliphatic rings. The van der Waals surface area contributed by atoms with Crippen molar-refractivity contribution in [3.63, 3.8) is 0 Å². The van der Waals surface area contributed by atoms with Crippen LogP contribution < -0.4 is 5.32 Å². The van der Waals surface area contributed by atoms with Gasteiger partial charge in [0.25, 0.3) is 0 Å². The van der Waals surface area contributed by atoms with Crippen molar-refractivity contribution in [1.29, 1.82) is 5.26 Å². The topological polar surface area (TPSA) is 45.0 Å². The fourth-order valence-electron chi connectivity index (χ4n) is 1.80. The number of hydrogen-bond acceptors (Lipinski definition) is 3. The largest absolute Gasteiger partial charge is 0.381 e. The smallest absolute Gasteiger partial charge is 0.106 e. The first-order valence-corrected chi connectivity index (χ1v) is 6.84. The molecule has 0 aromatic rings. The lowest BCUT2D eigenvalue weighted by Gasteiger charge is -2.25. The van der Waals surface area contributed by atoms with E-state index in [0.29, 0.717) is 5.92 Å². The summed E-state index contributed by atoms with van der Waals surface area (Å²) in [5.41, 5.74) is -0.351. The lowest BCUT2D eigenvalue weighted by Crippen LogP contribution is -2.43. The van der Waals surface area contributed by atoms with Crippen molar-refractivity contribution >= 4 is 0 Å². The van der Waals surface area contributed by atoms with Gasteiger partial charge in [0, 0.05) is 13.2 Å². The molecule has 0 aromatic carbocycles. The van der Waals surface area contributed by atoms with Gasteiger partial charge in [-0.1, -0.05) is 27.7 Å². The predicted molar refractivity (Wildman–Crippen MR) is 71.8 cm³/mol. The fourth-order valence-corrected chi connectivity index (χ4v) is 1.80. The molecule has 0 aromatic heterocycles. The lowest BCUT2D eigenvalue weighted by molar-refractivity contribution is 0.115. The zero-order chi connectivity index (χ0) is 13.1. The first-order chi connectivity index (χ1) is 8.10. The van der Waals surface area contributed by atoms with Gasteiger partial charge in [-0.2, -0.15) is 5.26 Å². The highest BCUT2D eigenvalue weighted by Gasteiger charge is 2.25. The van der Waals surface area contributed by atoms with Crippen LogP contribution in [0.25, 0.3) is 0 Å². The zero-order valence-corrected chi connectivity index (χ0v) is 11.9. The van der Waals surface area contributed by atoms with Gasteiger partial charge in [-0.15, -0.1) is 0 Å². The van der Waals surface area contributed by atoms with Gasteiger partial charge in [-0.3, -0.25) is 5.32 Å². The van der Waals surface area contributed by atoms with Gasteiger partial charge in [0.2, 0.25) is 0 Å². The van der Waals surface area contributed by atoms with Crippen molar-refractivity contribution < 1.29 is 4.74 Å². The molecule has 0 saturated heterocycles. The monoisotopic (exact) mass is 240 g/mol. The van der Waals surface area contributed by atoms with Crippen LogP contribution in [0.1, 0.15) is 53.4 Å². The summed E-state index contributed by atoms with van der Waals surface area (Å²) in [4.78, 5) is 0. The number of nitrogens with one attached hydrogen (secondary N) is 1. The first kappa shape index (κ1) is 16.4. The summed E-state index contributed by atoms with van der Waals surface area (Å²) in [5, 5.41) is 12.5. The maximum Gasteiger partial charge on any atom is 0.106 e. The van der Waals surface area contributed by atoms with E-state index in [1.807, 2.05) is 6.92 Å². The molecule has 1 atom stereocenters. The second-order valence-electron chi connectivity index (χ2n) is 4.98. The number of nitriles is 1. The van der Waals surface area contributed by atoms with Crippen LogP contribution in [0, 0.1) is 17.2 Å². The Morgan fingerprint density at radius 3 is 2.47 bits per heavy atom. The normalized spacial score (nSPS) is 14.6. The maximum absolute atomic E-state index is 9.23. The first-order valence-electron chi connectivity index (χ1n) is 6.84. The van der Waals surface area contributed by atoms with Crippen LogP contribution in [-0.4, -0.2) is 25.3 Å². The van der Waals surface area contributed by atoms with Gasteiger partial charge in [0.05, 0.1) is 6.07 Å². The summed E-state index contributed by atoms with van der Waals surface area (Å²) in [6.45, 7) is 11.0. The molecule has 100 valence electrons. The Bertz CT molecular complexity index is 223. The summed E-state index contributed by atoms with van der Waals surface area (Å²) < 4.78 is 5.57. The van der Waals surface area contributed by atoms with E-state index in [0.717, 1.165) is 45.4 Å². The minimum atomic E-state index is -0.351. The van der Waals surface area contributed by atoms with Crippen molar-refractivity contribution in [1.82, 2.24) is 5.32 Å². The van der Waals surface area contributed by atoms with Crippen LogP contribution in [0.2, 0.25) is 0 Å².